The minimum absolute atomic E-state index is 0. The third kappa shape index (κ3) is 3.45. The van der Waals surface area contributed by atoms with E-state index in [-0.39, 0.29) is 24.4 Å². The Balaban J connectivity index is 0.00000208. The van der Waals surface area contributed by atoms with Gasteiger partial charge in [0.1, 0.15) is 0 Å². The maximum atomic E-state index is 12.9. The zero-order valence-corrected chi connectivity index (χ0v) is 15.6. The van der Waals surface area contributed by atoms with Crippen LogP contribution in [0.25, 0.3) is 10.9 Å². The molecule has 2 aromatic rings. The molecule has 1 amide bonds. The molecule has 1 atom stereocenters. The molecule has 0 radical (unpaired) electrons. The van der Waals surface area contributed by atoms with Crippen molar-refractivity contribution in [3.63, 3.8) is 0 Å². The predicted molar refractivity (Wildman–Crippen MR) is 102 cm³/mol. The number of rotatable bonds is 3. The maximum Gasteiger partial charge on any atom is 0.227 e. The molecule has 0 bridgehead atoms. The third-order valence-electron chi connectivity index (χ3n) is 5.12. The van der Waals surface area contributed by atoms with Crippen molar-refractivity contribution in [2.75, 3.05) is 13.1 Å². The molecule has 0 aliphatic carbocycles. The first-order chi connectivity index (χ1) is 11.0. The molecular weight excluding hydrogens is 322 g/mol. The Bertz CT molecular complexity index is 738. The van der Waals surface area contributed by atoms with Gasteiger partial charge in [0.2, 0.25) is 5.91 Å². The molecule has 0 spiro atoms. The number of fused-ring (bicyclic) bond motifs is 1. The smallest absolute Gasteiger partial charge is 0.227 e. The molecule has 3 N–H and O–H groups in total. The number of hydrogen-bond acceptors (Lipinski definition) is 2. The molecule has 4 nitrogen and oxygen atoms in total. The molecule has 1 fully saturated rings. The molecule has 24 heavy (non-hydrogen) atoms. The molecule has 132 valence electrons. The van der Waals surface area contributed by atoms with Crippen molar-refractivity contribution >= 4 is 29.2 Å². The van der Waals surface area contributed by atoms with Gasteiger partial charge in [0.15, 0.2) is 0 Å². The van der Waals surface area contributed by atoms with Gasteiger partial charge in [0, 0.05) is 35.7 Å². The zero-order chi connectivity index (χ0) is 16.6. The van der Waals surface area contributed by atoms with Crippen LogP contribution in [0, 0.1) is 20.8 Å². The number of piperidine rings is 1. The topological polar surface area (TPSA) is 62.1 Å². The summed E-state index contributed by atoms with van der Waals surface area (Å²) in [7, 11) is 0. The van der Waals surface area contributed by atoms with Crippen LogP contribution in [0.1, 0.15) is 41.6 Å². The molecular formula is C19H28ClN3O. The molecule has 2 heterocycles. The first kappa shape index (κ1) is 18.8. The average Bonchev–Trinajstić information content (AvgIpc) is 2.84. The lowest BCUT2D eigenvalue weighted by Crippen LogP contribution is -2.48. The number of likely N-dealkylation sites (tertiary alicyclic amines) is 1. The van der Waals surface area contributed by atoms with Crippen molar-refractivity contribution < 1.29 is 4.79 Å². The van der Waals surface area contributed by atoms with Crippen LogP contribution < -0.4 is 5.73 Å². The number of aromatic amines is 1. The fraction of sp³-hybridized carbons (Fsp3) is 0.526. The first-order valence-electron chi connectivity index (χ1n) is 8.59. The number of nitrogens with zero attached hydrogens (tertiary/aromatic N) is 1. The van der Waals surface area contributed by atoms with Gasteiger partial charge in [-0.2, -0.15) is 0 Å². The van der Waals surface area contributed by atoms with Crippen molar-refractivity contribution in [2.24, 2.45) is 5.73 Å². The highest BCUT2D eigenvalue weighted by Gasteiger charge is 2.26. The Kier molecular flexibility index (Phi) is 5.94. The molecule has 5 heteroatoms. The first-order valence-corrected chi connectivity index (χ1v) is 8.59. The predicted octanol–water partition coefficient (Wildman–Crippen LogP) is 3.40. The fourth-order valence-electron chi connectivity index (χ4n) is 3.89. The Labute approximate surface area is 150 Å². The van der Waals surface area contributed by atoms with Crippen LogP contribution in [0.2, 0.25) is 0 Å². The molecule has 1 aliphatic rings. The SMILES string of the molecule is Cc1cc(C)c2[nH]c(C)c(CC(=O)N3CCCCC3CN)c2c1.Cl. The molecule has 1 saturated heterocycles. The van der Waals surface area contributed by atoms with Crippen molar-refractivity contribution in [3.8, 4) is 0 Å². The van der Waals surface area contributed by atoms with E-state index < -0.39 is 0 Å². The van der Waals surface area contributed by atoms with E-state index in [2.05, 4.69) is 37.9 Å². The number of aryl methyl sites for hydroxylation is 3. The summed E-state index contributed by atoms with van der Waals surface area (Å²) in [6.07, 6.45) is 3.77. The maximum absolute atomic E-state index is 12.9. The van der Waals surface area contributed by atoms with Gasteiger partial charge in [-0.15, -0.1) is 12.4 Å². The van der Waals surface area contributed by atoms with Gasteiger partial charge in [-0.25, -0.2) is 0 Å². The zero-order valence-electron chi connectivity index (χ0n) is 14.8. The third-order valence-corrected chi connectivity index (χ3v) is 5.12. The Morgan fingerprint density at radius 3 is 2.75 bits per heavy atom. The number of hydrogen-bond donors (Lipinski definition) is 2. The van der Waals surface area contributed by atoms with Crippen LogP contribution in [0.3, 0.4) is 0 Å². The lowest BCUT2D eigenvalue weighted by atomic mass is 9.99. The van der Waals surface area contributed by atoms with Crippen LogP contribution in [-0.2, 0) is 11.2 Å². The summed E-state index contributed by atoms with van der Waals surface area (Å²) < 4.78 is 0. The van der Waals surface area contributed by atoms with E-state index in [9.17, 15) is 4.79 Å². The number of halogens is 1. The van der Waals surface area contributed by atoms with E-state index in [4.69, 9.17) is 5.73 Å². The number of carbonyl (C=O) groups is 1. The number of nitrogens with one attached hydrogen (secondary N) is 1. The van der Waals surface area contributed by atoms with Crippen LogP contribution in [0.4, 0.5) is 0 Å². The number of H-pyrrole nitrogens is 1. The lowest BCUT2D eigenvalue weighted by Gasteiger charge is -2.35. The number of aromatic nitrogens is 1. The average molecular weight is 350 g/mol. The second-order valence-electron chi connectivity index (χ2n) is 6.88. The van der Waals surface area contributed by atoms with E-state index in [0.717, 1.165) is 36.2 Å². The highest BCUT2D eigenvalue weighted by Crippen LogP contribution is 2.28. The molecule has 1 aromatic heterocycles. The Hall–Kier alpha value is -1.52. The second kappa shape index (κ2) is 7.58. The van der Waals surface area contributed by atoms with Crippen molar-refractivity contribution in [1.82, 2.24) is 9.88 Å². The molecule has 3 rings (SSSR count). The van der Waals surface area contributed by atoms with Crippen molar-refractivity contribution in [3.05, 3.63) is 34.5 Å². The summed E-state index contributed by atoms with van der Waals surface area (Å²) in [5.41, 5.74) is 11.7. The van der Waals surface area contributed by atoms with E-state index in [1.165, 1.54) is 22.9 Å². The van der Waals surface area contributed by atoms with E-state index in [1.807, 2.05) is 4.90 Å². The summed E-state index contributed by atoms with van der Waals surface area (Å²) in [6, 6.07) is 4.58. The standard InChI is InChI=1S/C19H27N3O.ClH/c1-12-8-13(2)19-17(9-12)16(14(3)21-19)10-18(23)22-7-5-4-6-15(22)11-20;/h8-9,15,21H,4-7,10-11,20H2,1-3H3;1H. The summed E-state index contributed by atoms with van der Waals surface area (Å²) in [5.74, 6) is 0.211. The largest absolute Gasteiger partial charge is 0.358 e. The summed E-state index contributed by atoms with van der Waals surface area (Å²) in [5, 5.41) is 1.19. The van der Waals surface area contributed by atoms with Gasteiger partial charge in [0.25, 0.3) is 0 Å². The molecule has 1 aromatic carbocycles. The monoisotopic (exact) mass is 349 g/mol. The summed E-state index contributed by atoms with van der Waals surface area (Å²) in [4.78, 5) is 18.3. The van der Waals surface area contributed by atoms with Gasteiger partial charge in [-0.05, 0) is 57.2 Å². The van der Waals surface area contributed by atoms with E-state index in [1.54, 1.807) is 0 Å². The summed E-state index contributed by atoms with van der Waals surface area (Å²) in [6.45, 7) is 7.70. The minimum atomic E-state index is 0. The van der Waals surface area contributed by atoms with Crippen molar-refractivity contribution in [1.29, 1.82) is 0 Å². The van der Waals surface area contributed by atoms with Gasteiger partial charge >= 0.3 is 0 Å². The van der Waals surface area contributed by atoms with E-state index >= 15 is 0 Å². The number of amides is 1. The van der Waals surface area contributed by atoms with Crippen LogP contribution in [0.15, 0.2) is 12.1 Å². The second-order valence-corrected chi connectivity index (χ2v) is 6.88. The van der Waals surface area contributed by atoms with Crippen molar-refractivity contribution in [2.45, 2.75) is 52.5 Å². The molecule has 0 saturated carbocycles. The van der Waals surface area contributed by atoms with Crippen LogP contribution in [-0.4, -0.2) is 34.9 Å². The van der Waals surface area contributed by atoms with Crippen LogP contribution in [0.5, 0.6) is 0 Å². The summed E-state index contributed by atoms with van der Waals surface area (Å²) >= 11 is 0. The lowest BCUT2D eigenvalue weighted by molar-refractivity contribution is -0.133. The normalized spacial score (nSPS) is 17.8. The quantitative estimate of drug-likeness (QED) is 0.892. The van der Waals surface area contributed by atoms with Gasteiger partial charge in [0.05, 0.1) is 6.42 Å². The molecule has 1 aliphatic heterocycles. The Morgan fingerprint density at radius 2 is 2.04 bits per heavy atom. The Morgan fingerprint density at radius 1 is 1.29 bits per heavy atom. The van der Waals surface area contributed by atoms with E-state index in [0.29, 0.717) is 13.0 Å². The number of nitrogens with two attached hydrogens (primary N) is 1. The van der Waals surface area contributed by atoms with Gasteiger partial charge < -0.3 is 15.6 Å². The fourth-order valence-corrected chi connectivity index (χ4v) is 3.89. The van der Waals surface area contributed by atoms with Gasteiger partial charge in [-0.3, -0.25) is 4.79 Å². The number of carbonyl (C=O) groups excluding carboxylic acids is 1. The highest BCUT2D eigenvalue weighted by molar-refractivity contribution is 5.92. The van der Waals surface area contributed by atoms with Gasteiger partial charge in [-0.1, -0.05) is 11.6 Å². The highest BCUT2D eigenvalue weighted by atomic mass is 35.5. The number of benzene rings is 1. The molecule has 1 unspecified atom stereocenters. The minimum Gasteiger partial charge on any atom is -0.358 e. The van der Waals surface area contributed by atoms with Crippen LogP contribution >= 0.6 is 12.4 Å².